The lowest BCUT2D eigenvalue weighted by atomic mass is 9.33. The van der Waals surface area contributed by atoms with Gasteiger partial charge in [0.2, 0.25) is 0 Å². The van der Waals surface area contributed by atoms with Crippen LogP contribution in [-0.2, 0) is 21.7 Å². The van der Waals surface area contributed by atoms with Crippen LogP contribution in [0.1, 0.15) is 104 Å². The van der Waals surface area contributed by atoms with E-state index in [1.54, 1.807) is 0 Å². The van der Waals surface area contributed by atoms with Crippen LogP contribution in [0.4, 0.5) is 51.2 Å². The third kappa shape index (κ3) is 7.57. The minimum atomic E-state index is -0.192. The minimum absolute atomic E-state index is 0.00600. The van der Waals surface area contributed by atoms with E-state index in [4.69, 9.17) is 9.47 Å². The van der Waals surface area contributed by atoms with Gasteiger partial charge in [-0.15, -0.1) is 0 Å². The molecule has 0 spiro atoms. The SMILES string of the molecule is CC(C)(C)c1ccc(N2c3ccc(C(C)(C)C)cc3B3c4cc5c(cc4N(c4ccc(C(C)(C)C)cc4)c4cc(N(c6ccc7c(c6)C(C)(C)c6ccccc6-7)c6ccc7ccccc7c6)cc2c43)OCCO5)cc1. The van der Waals surface area contributed by atoms with Crippen LogP contribution in [0, 0.1) is 0 Å². The normalized spacial score (nSPS) is 15.0. The highest BCUT2D eigenvalue weighted by atomic mass is 16.6. The maximum absolute atomic E-state index is 6.50. The van der Waals surface area contributed by atoms with Crippen molar-refractivity contribution in [1.82, 2.24) is 0 Å². The summed E-state index contributed by atoms with van der Waals surface area (Å²) < 4.78 is 13.0. The molecule has 9 aromatic rings. The number of fused-ring (bicyclic) bond motifs is 9. The molecule has 0 N–H and O–H groups in total. The van der Waals surface area contributed by atoms with E-state index in [0.29, 0.717) is 13.2 Å². The van der Waals surface area contributed by atoms with Crippen molar-refractivity contribution in [2.75, 3.05) is 27.9 Å². The summed E-state index contributed by atoms with van der Waals surface area (Å²) in [4.78, 5) is 7.58. The van der Waals surface area contributed by atoms with Crippen molar-refractivity contribution in [1.29, 1.82) is 0 Å². The van der Waals surface area contributed by atoms with Crippen molar-refractivity contribution in [3.8, 4) is 22.6 Å². The topological polar surface area (TPSA) is 28.2 Å². The lowest BCUT2D eigenvalue weighted by Gasteiger charge is -2.45. The molecule has 372 valence electrons. The molecule has 75 heavy (non-hydrogen) atoms. The lowest BCUT2D eigenvalue weighted by molar-refractivity contribution is 0.172. The second-order valence-corrected chi connectivity index (χ2v) is 24.9. The van der Waals surface area contributed by atoms with Crippen LogP contribution in [-0.4, -0.2) is 19.9 Å². The van der Waals surface area contributed by atoms with Gasteiger partial charge in [-0.3, -0.25) is 0 Å². The van der Waals surface area contributed by atoms with Gasteiger partial charge >= 0.3 is 0 Å². The molecule has 5 nitrogen and oxygen atoms in total. The Kier molecular flexibility index (Phi) is 10.4. The fourth-order valence-electron chi connectivity index (χ4n) is 12.5. The molecular weight excluding hydrogens is 914 g/mol. The second kappa shape index (κ2) is 16.7. The first-order valence-corrected chi connectivity index (χ1v) is 26.9. The van der Waals surface area contributed by atoms with Crippen molar-refractivity contribution in [2.45, 2.75) is 97.8 Å². The number of anilines is 9. The van der Waals surface area contributed by atoms with Crippen LogP contribution in [0.3, 0.4) is 0 Å². The molecule has 1 aliphatic carbocycles. The molecule has 0 atom stereocenters. The van der Waals surface area contributed by atoms with Gasteiger partial charge in [0, 0.05) is 57.0 Å². The molecule has 0 aromatic heterocycles. The highest BCUT2D eigenvalue weighted by molar-refractivity contribution is 7.00. The van der Waals surface area contributed by atoms with Gasteiger partial charge in [0.15, 0.2) is 11.5 Å². The number of nitrogens with zero attached hydrogens (tertiary/aromatic N) is 3. The fourth-order valence-corrected chi connectivity index (χ4v) is 12.5. The Hall–Kier alpha value is -7.70. The number of ether oxygens (including phenoxy) is 2. The van der Waals surface area contributed by atoms with Crippen molar-refractivity contribution in [3.05, 3.63) is 204 Å². The Morgan fingerprint density at radius 1 is 0.427 bits per heavy atom. The Bertz CT molecular complexity index is 3780. The highest BCUT2D eigenvalue weighted by Gasteiger charge is 2.46. The van der Waals surface area contributed by atoms with Gasteiger partial charge in [0.05, 0.1) is 5.69 Å². The van der Waals surface area contributed by atoms with Gasteiger partial charge in [-0.1, -0.05) is 173 Å². The summed E-state index contributed by atoms with van der Waals surface area (Å²) in [5.41, 5.74) is 22.6. The standard InChI is InChI=1S/C69H66BN3O2/c1-66(2,3)45-21-27-48(28-22-45)72-59-33-25-47(68(7,8)9)37-57(59)70-58-41-63-64(75-35-34-74-63)42-60(58)73(49-29-23-46(24-30-49)67(4,5)6)62-40-52(39-61(72)65(62)70)71(50-26-20-43-16-12-13-17-44(43)36-50)51-31-32-54-53-18-14-15-19-55(53)69(10,11)56(54)38-51/h12-33,36-42H,34-35H2,1-11H3. The Morgan fingerprint density at radius 2 is 0.947 bits per heavy atom. The number of hydrogen-bond acceptors (Lipinski definition) is 5. The summed E-state index contributed by atoms with van der Waals surface area (Å²) >= 11 is 0. The molecule has 4 aliphatic rings. The predicted molar refractivity (Wildman–Crippen MR) is 317 cm³/mol. The van der Waals surface area contributed by atoms with E-state index in [0.717, 1.165) is 57.0 Å². The number of rotatable bonds is 5. The van der Waals surface area contributed by atoms with Crippen LogP contribution in [0.25, 0.3) is 21.9 Å². The Labute approximate surface area is 444 Å². The molecule has 0 radical (unpaired) electrons. The van der Waals surface area contributed by atoms with Gasteiger partial charge in [-0.25, -0.2) is 0 Å². The zero-order chi connectivity index (χ0) is 51.9. The molecule has 0 bridgehead atoms. The van der Waals surface area contributed by atoms with Crippen molar-refractivity contribution in [3.63, 3.8) is 0 Å². The fraction of sp³-hybridized carbons (Fsp3) is 0.246. The van der Waals surface area contributed by atoms with Gasteiger partial charge in [-0.05, 0) is 155 Å². The van der Waals surface area contributed by atoms with E-state index in [1.165, 1.54) is 71.8 Å². The van der Waals surface area contributed by atoms with E-state index >= 15 is 0 Å². The van der Waals surface area contributed by atoms with Crippen LogP contribution >= 0.6 is 0 Å². The van der Waals surface area contributed by atoms with Crippen molar-refractivity contribution in [2.24, 2.45) is 0 Å². The first-order chi connectivity index (χ1) is 35.8. The average Bonchev–Trinajstić information content (AvgIpc) is 3.63. The molecule has 3 heterocycles. The summed E-state index contributed by atoms with van der Waals surface area (Å²) in [5, 5.41) is 2.40. The summed E-state index contributed by atoms with van der Waals surface area (Å²) in [5.74, 6) is 1.57. The van der Waals surface area contributed by atoms with E-state index in [2.05, 4.69) is 267 Å². The zero-order valence-corrected chi connectivity index (χ0v) is 45.4. The van der Waals surface area contributed by atoms with Gasteiger partial charge in [-0.2, -0.15) is 0 Å². The Balaban J connectivity index is 1.15. The van der Waals surface area contributed by atoms with Crippen LogP contribution in [0.2, 0.25) is 0 Å². The van der Waals surface area contributed by atoms with E-state index in [-0.39, 0.29) is 28.4 Å². The predicted octanol–water partition coefficient (Wildman–Crippen LogP) is 16.4. The van der Waals surface area contributed by atoms with E-state index in [1.807, 2.05) is 0 Å². The summed E-state index contributed by atoms with van der Waals surface area (Å²) in [7, 11) is 0. The molecule has 6 heteroatoms. The summed E-state index contributed by atoms with van der Waals surface area (Å²) in [6.07, 6.45) is 0. The molecular formula is C69H66BN3O2. The molecule has 0 amide bonds. The molecule has 13 rings (SSSR count). The van der Waals surface area contributed by atoms with Gasteiger partial charge in [0.1, 0.15) is 13.2 Å². The Morgan fingerprint density at radius 3 is 1.59 bits per heavy atom. The second-order valence-electron chi connectivity index (χ2n) is 24.9. The molecule has 9 aromatic carbocycles. The molecule has 0 fully saturated rings. The molecule has 0 unspecified atom stereocenters. The first-order valence-electron chi connectivity index (χ1n) is 26.9. The van der Waals surface area contributed by atoms with Gasteiger partial charge < -0.3 is 24.2 Å². The van der Waals surface area contributed by atoms with Gasteiger partial charge in [0.25, 0.3) is 6.71 Å². The summed E-state index contributed by atoms with van der Waals surface area (Å²) in [6.45, 7) is 26.4. The van der Waals surface area contributed by atoms with E-state index in [9.17, 15) is 0 Å². The monoisotopic (exact) mass is 980 g/mol. The zero-order valence-electron chi connectivity index (χ0n) is 45.4. The van der Waals surface area contributed by atoms with Crippen LogP contribution in [0.15, 0.2) is 176 Å². The molecule has 3 aliphatic heterocycles. The quantitative estimate of drug-likeness (QED) is 0.160. The maximum Gasteiger partial charge on any atom is 0.252 e. The lowest BCUT2D eigenvalue weighted by Crippen LogP contribution is -2.61. The first kappa shape index (κ1) is 47.0. The van der Waals surface area contributed by atoms with Crippen molar-refractivity contribution >= 4 is 85.1 Å². The number of benzene rings is 9. The van der Waals surface area contributed by atoms with E-state index < -0.39 is 0 Å². The smallest absolute Gasteiger partial charge is 0.252 e. The maximum atomic E-state index is 6.50. The number of hydrogen-bond donors (Lipinski definition) is 0. The largest absolute Gasteiger partial charge is 0.486 e. The third-order valence-corrected chi connectivity index (χ3v) is 16.6. The molecule has 0 saturated heterocycles. The van der Waals surface area contributed by atoms with Crippen molar-refractivity contribution < 1.29 is 9.47 Å². The van der Waals surface area contributed by atoms with Crippen LogP contribution in [0.5, 0.6) is 11.5 Å². The summed E-state index contributed by atoms with van der Waals surface area (Å²) in [6, 6.07) is 67.1. The molecule has 0 saturated carbocycles. The average molecular weight is 980 g/mol. The minimum Gasteiger partial charge on any atom is -0.486 e. The third-order valence-electron chi connectivity index (χ3n) is 16.6. The highest BCUT2D eigenvalue weighted by Crippen LogP contribution is 2.53. The van der Waals surface area contributed by atoms with Crippen LogP contribution < -0.4 is 40.6 Å².